The minimum Gasteiger partial charge on any atom is -0.493 e. The van der Waals surface area contributed by atoms with Crippen LogP contribution in [0.15, 0.2) is 59.5 Å². The zero-order chi connectivity index (χ0) is 22.8. The van der Waals surface area contributed by atoms with Crippen molar-refractivity contribution in [1.82, 2.24) is 14.5 Å². The van der Waals surface area contributed by atoms with Crippen molar-refractivity contribution in [2.75, 3.05) is 33.4 Å². The van der Waals surface area contributed by atoms with Crippen molar-refractivity contribution in [2.45, 2.75) is 12.8 Å². The lowest BCUT2D eigenvalue weighted by Gasteiger charge is -2.17. The van der Waals surface area contributed by atoms with Crippen LogP contribution in [0.25, 0.3) is 26.5 Å². The van der Waals surface area contributed by atoms with E-state index in [2.05, 4.69) is 9.88 Å². The Bertz CT molecular complexity index is 1330. The Morgan fingerprint density at radius 2 is 1.85 bits per heavy atom. The number of nitrogens with zero attached hydrogens (tertiary/aromatic N) is 3. The minimum absolute atomic E-state index is 0.116. The first-order valence-electron chi connectivity index (χ1n) is 10.9. The third kappa shape index (κ3) is 4.62. The van der Waals surface area contributed by atoms with Crippen molar-refractivity contribution in [3.63, 3.8) is 0 Å². The van der Waals surface area contributed by atoms with Gasteiger partial charge in [0.15, 0.2) is 11.5 Å². The highest BCUT2D eigenvalue weighted by atomic mass is 35.5. The summed E-state index contributed by atoms with van der Waals surface area (Å²) in [5.74, 6) is 1.28. The number of aromatic nitrogens is 2. The van der Waals surface area contributed by atoms with E-state index in [4.69, 9.17) is 21.1 Å². The molecular weight excluding hydrogens is 458 g/mol. The molecule has 1 aliphatic rings. The molecule has 0 bridgehead atoms. The summed E-state index contributed by atoms with van der Waals surface area (Å²) in [5.41, 5.74) is 2.21. The molecule has 0 amide bonds. The van der Waals surface area contributed by atoms with Gasteiger partial charge in [0, 0.05) is 29.4 Å². The number of fused-ring (bicyclic) bond motifs is 1. The van der Waals surface area contributed by atoms with Crippen LogP contribution in [0.5, 0.6) is 11.5 Å². The van der Waals surface area contributed by atoms with Gasteiger partial charge in [-0.1, -0.05) is 23.7 Å². The number of ether oxygens (including phenoxy) is 2. The Kier molecular flexibility index (Phi) is 6.35. The first-order chi connectivity index (χ1) is 16.1. The van der Waals surface area contributed by atoms with Gasteiger partial charge in [0.2, 0.25) is 0 Å². The fourth-order valence-electron chi connectivity index (χ4n) is 4.06. The summed E-state index contributed by atoms with van der Waals surface area (Å²) in [5, 5.41) is 1.45. The predicted molar refractivity (Wildman–Crippen MR) is 133 cm³/mol. The second-order valence-corrected chi connectivity index (χ2v) is 9.40. The standard InChI is InChI=1S/C25H24ClN3O3S/c1-31-22-16-19(8-9-21(22)32-15-14-28-11-2-3-12-28)29-13-10-20-23(25(29)30)33-24(27-20)17-4-6-18(26)7-5-17/h4-10,13,16H,2-3,11-12,14-15H2,1H3. The maximum atomic E-state index is 13.3. The molecule has 6 nitrogen and oxygen atoms in total. The molecule has 0 unspecified atom stereocenters. The van der Waals surface area contributed by atoms with E-state index in [0.717, 1.165) is 30.2 Å². The van der Waals surface area contributed by atoms with Crippen LogP contribution in [0.3, 0.4) is 0 Å². The largest absolute Gasteiger partial charge is 0.493 e. The number of likely N-dealkylation sites (tertiary alicyclic amines) is 1. The topological polar surface area (TPSA) is 56.6 Å². The lowest BCUT2D eigenvalue weighted by atomic mass is 10.2. The van der Waals surface area contributed by atoms with Gasteiger partial charge in [-0.05, 0) is 56.3 Å². The number of pyridine rings is 1. The summed E-state index contributed by atoms with van der Waals surface area (Å²) in [7, 11) is 1.61. The van der Waals surface area contributed by atoms with E-state index in [-0.39, 0.29) is 5.56 Å². The number of hydrogen-bond acceptors (Lipinski definition) is 6. The van der Waals surface area contributed by atoms with Crippen LogP contribution in [0.4, 0.5) is 0 Å². The van der Waals surface area contributed by atoms with E-state index in [1.807, 2.05) is 48.5 Å². The van der Waals surface area contributed by atoms with Crippen molar-refractivity contribution >= 4 is 33.2 Å². The number of methoxy groups -OCH3 is 1. The fourth-order valence-corrected chi connectivity index (χ4v) is 5.18. The summed E-state index contributed by atoms with van der Waals surface area (Å²) in [6, 6.07) is 14.9. The minimum atomic E-state index is -0.116. The molecule has 4 aromatic rings. The second kappa shape index (κ2) is 9.55. The van der Waals surface area contributed by atoms with E-state index >= 15 is 0 Å². The first-order valence-corrected chi connectivity index (χ1v) is 12.1. The molecule has 170 valence electrons. The Morgan fingerprint density at radius 1 is 1.06 bits per heavy atom. The Hall–Kier alpha value is -2.87. The normalized spacial score (nSPS) is 14.1. The summed E-state index contributed by atoms with van der Waals surface area (Å²) in [6.45, 7) is 3.79. The molecule has 0 atom stereocenters. The Labute approximate surface area is 201 Å². The van der Waals surface area contributed by atoms with Crippen LogP contribution in [0.1, 0.15) is 12.8 Å². The molecule has 1 aliphatic heterocycles. The molecule has 0 saturated carbocycles. The number of halogens is 1. The van der Waals surface area contributed by atoms with E-state index in [1.165, 1.54) is 24.2 Å². The Balaban J connectivity index is 1.41. The van der Waals surface area contributed by atoms with Crippen LogP contribution in [-0.4, -0.2) is 47.8 Å². The van der Waals surface area contributed by atoms with E-state index in [9.17, 15) is 4.79 Å². The molecule has 8 heteroatoms. The van der Waals surface area contributed by atoms with Gasteiger partial charge < -0.3 is 9.47 Å². The molecule has 1 fully saturated rings. The van der Waals surface area contributed by atoms with Gasteiger partial charge >= 0.3 is 0 Å². The maximum absolute atomic E-state index is 13.3. The van der Waals surface area contributed by atoms with Gasteiger partial charge in [-0.25, -0.2) is 4.98 Å². The lowest BCUT2D eigenvalue weighted by molar-refractivity contribution is 0.230. The molecule has 2 aromatic carbocycles. The third-order valence-corrected chi connectivity index (χ3v) is 7.19. The van der Waals surface area contributed by atoms with E-state index < -0.39 is 0 Å². The quantitative estimate of drug-likeness (QED) is 0.361. The predicted octanol–water partition coefficient (Wildman–Crippen LogP) is 5.25. The van der Waals surface area contributed by atoms with Crippen LogP contribution < -0.4 is 15.0 Å². The number of benzene rings is 2. The Morgan fingerprint density at radius 3 is 2.61 bits per heavy atom. The number of hydrogen-bond donors (Lipinski definition) is 0. The lowest BCUT2D eigenvalue weighted by Crippen LogP contribution is -2.25. The van der Waals surface area contributed by atoms with Gasteiger partial charge in [0.05, 0.1) is 18.3 Å². The summed E-state index contributed by atoms with van der Waals surface area (Å²) < 4.78 is 13.7. The highest BCUT2D eigenvalue weighted by Crippen LogP contribution is 2.31. The number of thiazole rings is 1. The molecule has 33 heavy (non-hydrogen) atoms. The molecule has 0 aliphatic carbocycles. The molecule has 1 saturated heterocycles. The van der Waals surface area contributed by atoms with E-state index in [1.54, 1.807) is 17.9 Å². The molecule has 0 N–H and O–H groups in total. The zero-order valence-electron chi connectivity index (χ0n) is 18.3. The summed E-state index contributed by atoms with van der Waals surface area (Å²) in [6.07, 6.45) is 4.27. The van der Waals surface area contributed by atoms with Crippen LogP contribution in [0, 0.1) is 0 Å². The fraction of sp³-hybridized carbons (Fsp3) is 0.280. The molecular formula is C25H24ClN3O3S. The van der Waals surface area contributed by atoms with Crippen molar-refractivity contribution in [1.29, 1.82) is 0 Å². The van der Waals surface area contributed by atoms with Gasteiger partial charge in [0.25, 0.3) is 5.56 Å². The van der Waals surface area contributed by atoms with Crippen molar-refractivity contribution in [2.24, 2.45) is 0 Å². The zero-order valence-corrected chi connectivity index (χ0v) is 19.9. The molecule has 2 aromatic heterocycles. The van der Waals surface area contributed by atoms with Crippen LogP contribution in [0.2, 0.25) is 5.02 Å². The maximum Gasteiger partial charge on any atom is 0.274 e. The van der Waals surface area contributed by atoms with E-state index in [0.29, 0.717) is 39.0 Å². The number of rotatable bonds is 7. The van der Waals surface area contributed by atoms with Crippen molar-refractivity contribution in [3.8, 4) is 27.8 Å². The monoisotopic (exact) mass is 481 g/mol. The molecule has 0 radical (unpaired) electrons. The average molecular weight is 482 g/mol. The molecule has 3 heterocycles. The van der Waals surface area contributed by atoms with Gasteiger partial charge in [-0.15, -0.1) is 11.3 Å². The average Bonchev–Trinajstić information content (AvgIpc) is 3.51. The highest BCUT2D eigenvalue weighted by molar-refractivity contribution is 7.21. The van der Waals surface area contributed by atoms with Crippen LogP contribution in [-0.2, 0) is 0 Å². The third-order valence-electron chi connectivity index (χ3n) is 5.83. The smallest absolute Gasteiger partial charge is 0.274 e. The molecule has 5 rings (SSSR count). The van der Waals surface area contributed by atoms with Crippen molar-refractivity contribution in [3.05, 3.63) is 70.1 Å². The molecule has 0 spiro atoms. The van der Waals surface area contributed by atoms with Crippen LogP contribution >= 0.6 is 22.9 Å². The summed E-state index contributed by atoms with van der Waals surface area (Å²) in [4.78, 5) is 20.3. The second-order valence-electron chi connectivity index (χ2n) is 7.96. The van der Waals surface area contributed by atoms with Crippen molar-refractivity contribution < 1.29 is 9.47 Å². The van der Waals surface area contributed by atoms with Gasteiger partial charge in [-0.3, -0.25) is 14.3 Å². The summed E-state index contributed by atoms with van der Waals surface area (Å²) >= 11 is 7.37. The van der Waals surface area contributed by atoms with Gasteiger partial charge in [0.1, 0.15) is 16.3 Å². The SMILES string of the molecule is COc1cc(-n2ccc3nc(-c4ccc(Cl)cc4)sc3c2=O)ccc1OCCN1CCCC1. The first kappa shape index (κ1) is 21.9. The highest BCUT2D eigenvalue weighted by Gasteiger charge is 2.15. The van der Waals surface area contributed by atoms with Gasteiger partial charge in [-0.2, -0.15) is 0 Å².